The molecule has 212 valence electrons. The van der Waals surface area contributed by atoms with Gasteiger partial charge in [0.05, 0.1) is 34.0 Å². The SMILES string of the molecule is CN(c1ccc(N2C(=O)C(=Cn3c(C(=O)O)cc4c(Cl)cc(Cl)cc43)CN2C(=O)OC(C)(C)C)cc1)S(=O)(=O)O. The molecule has 12 nitrogen and oxygen atoms in total. The molecule has 0 aliphatic carbocycles. The van der Waals surface area contributed by atoms with E-state index < -0.39 is 33.9 Å². The fourth-order valence-electron chi connectivity index (χ4n) is 4.00. The van der Waals surface area contributed by atoms with Crippen LogP contribution in [-0.4, -0.2) is 64.8 Å². The first-order chi connectivity index (χ1) is 18.5. The molecule has 1 aromatic heterocycles. The van der Waals surface area contributed by atoms with Crippen LogP contribution in [0.4, 0.5) is 16.2 Å². The summed E-state index contributed by atoms with van der Waals surface area (Å²) in [5, 5.41) is 12.7. The average Bonchev–Trinajstić information content (AvgIpc) is 3.36. The fraction of sp³-hybridized carbons (Fsp3) is 0.240. The predicted molar refractivity (Wildman–Crippen MR) is 150 cm³/mol. The third-order valence-corrected chi connectivity index (χ3v) is 7.25. The minimum absolute atomic E-state index is 0.0288. The van der Waals surface area contributed by atoms with Crippen molar-refractivity contribution in [2.24, 2.45) is 0 Å². The molecular weight excluding hydrogens is 587 g/mol. The molecule has 15 heteroatoms. The zero-order chi connectivity index (χ0) is 29.7. The molecule has 4 rings (SSSR count). The van der Waals surface area contributed by atoms with Crippen molar-refractivity contribution in [1.82, 2.24) is 9.58 Å². The number of nitrogens with zero attached hydrogens (tertiary/aromatic N) is 4. The fourth-order valence-corrected chi connectivity index (χ4v) is 4.93. The lowest BCUT2D eigenvalue weighted by Gasteiger charge is -2.30. The molecule has 1 fully saturated rings. The largest absolute Gasteiger partial charge is 0.477 e. The summed E-state index contributed by atoms with van der Waals surface area (Å²) >= 11 is 12.4. The summed E-state index contributed by atoms with van der Waals surface area (Å²) in [6, 6.07) is 9.73. The van der Waals surface area contributed by atoms with Gasteiger partial charge in [-0.3, -0.25) is 13.7 Å². The van der Waals surface area contributed by atoms with Crippen LogP contribution in [0.5, 0.6) is 0 Å². The Labute approximate surface area is 239 Å². The number of amides is 2. The highest BCUT2D eigenvalue weighted by Gasteiger charge is 2.40. The molecule has 2 N–H and O–H groups in total. The normalized spacial score (nSPS) is 15.3. The average molecular weight is 611 g/mol. The molecule has 0 radical (unpaired) electrons. The number of hydrogen-bond donors (Lipinski definition) is 2. The third kappa shape index (κ3) is 5.72. The third-order valence-electron chi connectivity index (χ3n) is 5.81. The van der Waals surface area contributed by atoms with Crippen LogP contribution in [0.1, 0.15) is 31.3 Å². The maximum absolute atomic E-state index is 13.7. The number of halogens is 2. The minimum Gasteiger partial charge on any atom is -0.477 e. The second-order valence-electron chi connectivity index (χ2n) is 9.80. The lowest BCUT2D eigenvalue weighted by atomic mass is 10.2. The number of anilines is 2. The lowest BCUT2D eigenvalue weighted by Crippen LogP contribution is -2.45. The predicted octanol–water partition coefficient (Wildman–Crippen LogP) is 4.93. The van der Waals surface area contributed by atoms with Gasteiger partial charge in [-0.05, 0) is 63.2 Å². The first-order valence-corrected chi connectivity index (χ1v) is 13.7. The van der Waals surface area contributed by atoms with Crippen molar-refractivity contribution < 1.29 is 37.2 Å². The van der Waals surface area contributed by atoms with Gasteiger partial charge in [0.2, 0.25) is 0 Å². The number of aromatic carboxylic acids is 1. The summed E-state index contributed by atoms with van der Waals surface area (Å²) < 4.78 is 39.6. The lowest BCUT2D eigenvalue weighted by molar-refractivity contribution is -0.115. The maximum Gasteiger partial charge on any atom is 0.430 e. The van der Waals surface area contributed by atoms with E-state index >= 15 is 0 Å². The topological polar surface area (TPSA) is 150 Å². The number of fused-ring (bicyclic) bond motifs is 1. The van der Waals surface area contributed by atoms with Crippen molar-refractivity contribution in [1.29, 1.82) is 0 Å². The first-order valence-electron chi connectivity index (χ1n) is 11.6. The molecule has 40 heavy (non-hydrogen) atoms. The standard InChI is InChI=1S/C25H24Cl2N4O8S/c1-25(2,3)39-24(35)30-13-14(12-29-20-10-15(26)9-19(27)18(20)11-21(29)23(33)34)22(32)31(30)17-7-5-16(6-8-17)28(4)40(36,37)38/h5-12H,13H2,1-4H3,(H,33,34)(H,36,37,38). The molecule has 1 saturated heterocycles. The van der Waals surface area contributed by atoms with Gasteiger partial charge < -0.3 is 14.4 Å². The number of hydrogen-bond acceptors (Lipinski definition) is 6. The summed E-state index contributed by atoms with van der Waals surface area (Å²) in [5.41, 5.74) is -0.471. The molecular formula is C25H24Cl2N4O8S. The van der Waals surface area contributed by atoms with Gasteiger partial charge >= 0.3 is 22.4 Å². The van der Waals surface area contributed by atoms with Crippen molar-refractivity contribution in [3.8, 4) is 0 Å². The number of ether oxygens (including phenoxy) is 1. The highest BCUT2D eigenvalue weighted by molar-refractivity contribution is 7.87. The van der Waals surface area contributed by atoms with Gasteiger partial charge in [0.25, 0.3) is 5.91 Å². The maximum atomic E-state index is 13.7. The Morgan fingerprint density at radius 2 is 1.73 bits per heavy atom. The van der Waals surface area contributed by atoms with Crippen LogP contribution < -0.4 is 9.31 Å². The summed E-state index contributed by atoms with van der Waals surface area (Å²) in [6.07, 6.45) is 0.434. The van der Waals surface area contributed by atoms with Crippen molar-refractivity contribution in [3.05, 3.63) is 63.8 Å². The van der Waals surface area contributed by atoms with Gasteiger partial charge in [-0.15, -0.1) is 0 Å². The van der Waals surface area contributed by atoms with E-state index in [1.54, 1.807) is 20.8 Å². The molecule has 2 heterocycles. The monoisotopic (exact) mass is 610 g/mol. The first kappa shape index (κ1) is 29.2. The molecule has 1 aliphatic rings. The summed E-state index contributed by atoms with van der Waals surface area (Å²) in [5.74, 6) is -1.96. The van der Waals surface area contributed by atoms with E-state index in [1.807, 2.05) is 0 Å². The second-order valence-corrected chi connectivity index (χ2v) is 12.1. The summed E-state index contributed by atoms with van der Waals surface area (Å²) in [6.45, 7) is 4.68. The quantitative estimate of drug-likeness (QED) is 0.305. The highest BCUT2D eigenvalue weighted by Crippen LogP contribution is 2.34. The van der Waals surface area contributed by atoms with Gasteiger partial charge in [-0.2, -0.15) is 8.42 Å². The summed E-state index contributed by atoms with van der Waals surface area (Å²) in [4.78, 5) is 38.9. The van der Waals surface area contributed by atoms with Crippen molar-refractivity contribution in [2.75, 3.05) is 22.9 Å². The van der Waals surface area contributed by atoms with Gasteiger partial charge in [0.15, 0.2) is 0 Å². The van der Waals surface area contributed by atoms with Crippen LogP contribution in [-0.2, 0) is 19.8 Å². The number of carbonyl (C=O) groups is 3. The van der Waals surface area contributed by atoms with Crippen LogP contribution >= 0.6 is 23.2 Å². The molecule has 0 bridgehead atoms. The molecule has 2 amide bonds. The van der Waals surface area contributed by atoms with Gasteiger partial charge in [0.1, 0.15) is 11.3 Å². The van der Waals surface area contributed by atoms with Crippen LogP contribution in [0.3, 0.4) is 0 Å². The van der Waals surface area contributed by atoms with E-state index in [2.05, 4.69) is 0 Å². The molecule has 0 unspecified atom stereocenters. The van der Waals surface area contributed by atoms with Gasteiger partial charge in [-0.1, -0.05) is 23.2 Å². The highest BCUT2D eigenvalue weighted by atomic mass is 35.5. The number of carbonyl (C=O) groups excluding carboxylic acids is 2. The summed E-state index contributed by atoms with van der Waals surface area (Å²) in [7, 11) is -3.39. The van der Waals surface area contributed by atoms with Crippen LogP contribution in [0.15, 0.2) is 48.0 Å². The van der Waals surface area contributed by atoms with Crippen LogP contribution in [0, 0.1) is 0 Å². The zero-order valence-corrected chi connectivity index (χ0v) is 24.0. The van der Waals surface area contributed by atoms with E-state index in [0.717, 1.165) is 17.1 Å². The Morgan fingerprint density at radius 1 is 1.10 bits per heavy atom. The van der Waals surface area contributed by atoms with Crippen molar-refractivity contribution in [2.45, 2.75) is 26.4 Å². The van der Waals surface area contributed by atoms with E-state index in [1.165, 1.54) is 53.2 Å². The number of rotatable bonds is 5. The van der Waals surface area contributed by atoms with E-state index in [0.29, 0.717) is 15.2 Å². The second kappa shape index (κ2) is 10.3. The number of carboxylic acid groups (broad SMARTS) is 1. The Morgan fingerprint density at radius 3 is 2.27 bits per heavy atom. The van der Waals surface area contributed by atoms with Gasteiger partial charge in [-0.25, -0.2) is 19.6 Å². The number of benzene rings is 2. The zero-order valence-electron chi connectivity index (χ0n) is 21.6. The molecule has 0 saturated carbocycles. The Balaban J connectivity index is 1.83. The molecule has 3 aromatic rings. The number of carboxylic acids is 1. The van der Waals surface area contributed by atoms with Gasteiger partial charge in [0, 0.05) is 23.7 Å². The molecule has 2 aromatic carbocycles. The van der Waals surface area contributed by atoms with Crippen LogP contribution in [0.25, 0.3) is 17.1 Å². The Bertz CT molecular complexity index is 1680. The van der Waals surface area contributed by atoms with Crippen molar-refractivity contribution in [3.63, 3.8) is 0 Å². The molecule has 0 spiro atoms. The van der Waals surface area contributed by atoms with Crippen molar-refractivity contribution >= 4 is 80.0 Å². The Kier molecular flexibility index (Phi) is 7.54. The number of hydrazine groups is 1. The number of aromatic nitrogens is 1. The van der Waals surface area contributed by atoms with E-state index in [-0.39, 0.29) is 39.2 Å². The Hall–Kier alpha value is -3.78. The van der Waals surface area contributed by atoms with Crippen LogP contribution in [0.2, 0.25) is 10.0 Å². The molecule has 1 aliphatic heterocycles. The van der Waals surface area contributed by atoms with E-state index in [4.69, 9.17) is 27.9 Å². The molecule has 0 atom stereocenters. The minimum atomic E-state index is -4.53. The smallest absolute Gasteiger partial charge is 0.430 e. The van der Waals surface area contributed by atoms with E-state index in [9.17, 15) is 32.5 Å².